The SMILES string of the molecule is O=C(O)C(F)(F)F.O=C(O)C(F)(F)F.c1csc(CN2CCOCC3(CCN(C4CCOCC4)C3)C2)n1. The van der Waals surface area contributed by atoms with Gasteiger partial charge in [0, 0.05) is 55.9 Å². The zero-order valence-electron chi connectivity index (χ0n) is 19.8. The van der Waals surface area contributed by atoms with E-state index in [4.69, 9.17) is 29.3 Å². The molecule has 0 aromatic carbocycles. The molecule has 4 rings (SSSR count). The van der Waals surface area contributed by atoms with Crippen LogP contribution in [0.15, 0.2) is 11.6 Å². The van der Waals surface area contributed by atoms with Crippen LogP contribution in [0.1, 0.15) is 24.3 Å². The van der Waals surface area contributed by atoms with E-state index < -0.39 is 24.3 Å². The number of alkyl halides is 6. The van der Waals surface area contributed by atoms with Crippen molar-refractivity contribution in [3.63, 3.8) is 0 Å². The van der Waals surface area contributed by atoms with Crippen LogP contribution in [0.4, 0.5) is 26.3 Å². The number of likely N-dealkylation sites (tertiary alicyclic amines) is 1. The van der Waals surface area contributed by atoms with Crippen molar-refractivity contribution in [2.45, 2.75) is 44.2 Å². The van der Waals surface area contributed by atoms with Crippen molar-refractivity contribution in [2.75, 3.05) is 52.6 Å². The van der Waals surface area contributed by atoms with Crippen molar-refractivity contribution in [1.82, 2.24) is 14.8 Å². The first kappa shape index (κ1) is 31.2. The van der Waals surface area contributed by atoms with Gasteiger partial charge in [-0.05, 0) is 25.8 Å². The van der Waals surface area contributed by atoms with E-state index in [1.807, 2.05) is 6.20 Å². The van der Waals surface area contributed by atoms with Crippen LogP contribution in [-0.2, 0) is 25.6 Å². The van der Waals surface area contributed by atoms with Crippen LogP contribution in [0.3, 0.4) is 0 Å². The molecule has 0 amide bonds. The summed E-state index contributed by atoms with van der Waals surface area (Å²) in [6, 6.07) is 0.721. The molecule has 3 aliphatic heterocycles. The summed E-state index contributed by atoms with van der Waals surface area (Å²) in [6.07, 6.45) is -4.61. The maximum Gasteiger partial charge on any atom is 0.490 e. The lowest BCUT2D eigenvalue weighted by atomic mass is 9.87. The Hall–Kier alpha value is -2.01. The van der Waals surface area contributed by atoms with Crippen molar-refractivity contribution >= 4 is 23.3 Å². The van der Waals surface area contributed by atoms with Gasteiger partial charge in [0.2, 0.25) is 0 Å². The lowest BCUT2D eigenvalue weighted by Crippen LogP contribution is -2.43. The van der Waals surface area contributed by atoms with E-state index in [0.717, 1.165) is 52.1 Å². The standard InChI is InChI=1S/C17H27N3O2S.2C2HF3O2/c1-7-21-8-2-15(1)20-5-3-17(13-20)12-19(6-9-22-14-17)11-16-18-4-10-23-16;2*3-2(4,5)1(6)7/h4,10,15H,1-3,5-9,11-14H2;2*(H,6,7). The van der Waals surface area contributed by atoms with Crippen LogP contribution < -0.4 is 0 Å². The van der Waals surface area contributed by atoms with Crippen LogP contribution in [0.5, 0.6) is 0 Å². The van der Waals surface area contributed by atoms with Gasteiger partial charge in [0.1, 0.15) is 5.01 Å². The van der Waals surface area contributed by atoms with E-state index in [0.29, 0.717) is 5.41 Å². The molecule has 0 radical (unpaired) electrons. The third-order valence-electron chi connectivity index (χ3n) is 6.02. The summed E-state index contributed by atoms with van der Waals surface area (Å²) in [7, 11) is 0. The molecular weight excluding hydrogens is 536 g/mol. The highest BCUT2D eigenvalue weighted by molar-refractivity contribution is 7.09. The number of aromatic nitrogens is 1. The minimum Gasteiger partial charge on any atom is -0.475 e. The molecule has 1 unspecified atom stereocenters. The number of hydrogen-bond donors (Lipinski definition) is 2. The average Bonchev–Trinajstić information content (AvgIpc) is 3.42. The first-order chi connectivity index (χ1) is 17.2. The van der Waals surface area contributed by atoms with Gasteiger partial charge in [-0.3, -0.25) is 9.80 Å². The van der Waals surface area contributed by atoms with Gasteiger partial charge in [-0.25, -0.2) is 14.6 Å². The highest BCUT2D eigenvalue weighted by atomic mass is 32.1. The summed E-state index contributed by atoms with van der Waals surface area (Å²) in [6.45, 7) is 9.18. The van der Waals surface area contributed by atoms with Crippen molar-refractivity contribution in [1.29, 1.82) is 0 Å². The number of carboxylic acids is 2. The number of ether oxygens (including phenoxy) is 2. The largest absolute Gasteiger partial charge is 0.490 e. The van der Waals surface area contributed by atoms with E-state index in [2.05, 4.69) is 20.2 Å². The molecular formula is C21H29F6N3O6S. The summed E-state index contributed by atoms with van der Waals surface area (Å²) >= 11 is 1.76. The molecule has 2 N–H and O–H groups in total. The van der Waals surface area contributed by atoms with E-state index in [9.17, 15) is 26.3 Å². The summed E-state index contributed by atoms with van der Waals surface area (Å²) in [5, 5.41) is 17.5. The average molecular weight is 566 g/mol. The molecule has 1 spiro atoms. The molecule has 37 heavy (non-hydrogen) atoms. The fourth-order valence-electron chi connectivity index (χ4n) is 4.32. The second-order valence-electron chi connectivity index (χ2n) is 8.86. The van der Waals surface area contributed by atoms with Crippen molar-refractivity contribution in [3.8, 4) is 0 Å². The molecule has 1 atom stereocenters. The molecule has 0 aliphatic carbocycles. The summed E-state index contributed by atoms with van der Waals surface area (Å²) in [5.41, 5.74) is 0.312. The van der Waals surface area contributed by atoms with Gasteiger partial charge in [-0.2, -0.15) is 26.3 Å². The third-order valence-corrected chi connectivity index (χ3v) is 6.79. The van der Waals surface area contributed by atoms with Crippen molar-refractivity contribution < 1.29 is 55.6 Å². The molecule has 9 nitrogen and oxygen atoms in total. The maximum absolute atomic E-state index is 10.6. The Morgan fingerprint density at radius 1 is 1.00 bits per heavy atom. The quantitative estimate of drug-likeness (QED) is 0.534. The normalized spacial score (nSPS) is 23.9. The Bertz CT molecular complexity index is 827. The van der Waals surface area contributed by atoms with Crippen molar-refractivity contribution in [2.24, 2.45) is 5.41 Å². The van der Waals surface area contributed by atoms with Crippen LogP contribution in [0.2, 0.25) is 0 Å². The van der Waals surface area contributed by atoms with E-state index in [1.165, 1.54) is 37.4 Å². The monoisotopic (exact) mass is 565 g/mol. The van der Waals surface area contributed by atoms with E-state index in [1.54, 1.807) is 11.3 Å². The fourth-order valence-corrected chi connectivity index (χ4v) is 4.97. The molecule has 0 bridgehead atoms. The first-order valence-electron chi connectivity index (χ1n) is 11.3. The van der Waals surface area contributed by atoms with Gasteiger partial charge in [0.15, 0.2) is 0 Å². The number of nitrogens with zero attached hydrogens (tertiary/aromatic N) is 3. The number of rotatable bonds is 3. The van der Waals surface area contributed by atoms with Gasteiger partial charge in [-0.15, -0.1) is 11.3 Å². The minimum atomic E-state index is -5.08. The summed E-state index contributed by atoms with van der Waals surface area (Å²) in [4.78, 5) is 27.5. The smallest absolute Gasteiger partial charge is 0.475 e. The second-order valence-corrected chi connectivity index (χ2v) is 9.84. The predicted molar refractivity (Wildman–Crippen MR) is 118 cm³/mol. The van der Waals surface area contributed by atoms with Gasteiger partial charge in [0.25, 0.3) is 0 Å². The molecule has 3 fully saturated rings. The summed E-state index contributed by atoms with van der Waals surface area (Å²) < 4.78 is 75.0. The van der Waals surface area contributed by atoms with Gasteiger partial charge in [0.05, 0.1) is 19.8 Å². The molecule has 3 saturated heterocycles. The molecule has 16 heteroatoms. The Kier molecular flexibility index (Phi) is 11.5. The highest BCUT2D eigenvalue weighted by Crippen LogP contribution is 2.36. The van der Waals surface area contributed by atoms with Crippen LogP contribution in [0, 0.1) is 5.41 Å². The third kappa shape index (κ3) is 10.7. The Morgan fingerprint density at radius 2 is 1.59 bits per heavy atom. The number of carboxylic acid groups (broad SMARTS) is 2. The van der Waals surface area contributed by atoms with E-state index >= 15 is 0 Å². The molecule has 3 aliphatic rings. The number of aliphatic carboxylic acids is 2. The topological polar surface area (TPSA) is 112 Å². The Morgan fingerprint density at radius 3 is 2.11 bits per heavy atom. The van der Waals surface area contributed by atoms with E-state index in [-0.39, 0.29) is 0 Å². The summed E-state index contributed by atoms with van der Waals surface area (Å²) in [5.74, 6) is -5.51. The molecule has 212 valence electrons. The molecule has 1 aromatic rings. The zero-order valence-corrected chi connectivity index (χ0v) is 20.6. The highest BCUT2D eigenvalue weighted by Gasteiger charge is 2.43. The number of thiazole rings is 1. The lowest BCUT2D eigenvalue weighted by Gasteiger charge is -2.35. The first-order valence-corrected chi connectivity index (χ1v) is 12.2. The van der Waals surface area contributed by atoms with Gasteiger partial charge < -0.3 is 19.7 Å². The minimum absolute atomic E-state index is 0.312. The number of halogens is 6. The maximum atomic E-state index is 10.6. The van der Waals surface area contributed by atoms with Crippen LogP contribution in [-0.4, -0.2) is 108 Å². The Balaban J connectivity index is 0.000000286. The van der Waals surface area contributed by atoms with Crippen molar-refractivity contribution in [3.05, 3.63) is 16.6 Å². The van der Waals surface area contributed by atoms with Crippen LogP contribution >= 0.6 is 11.3 Å². The second kappa shape index (κ2) is 13.7. The van der Waals surface area contributed by atoms with Gasteiger partial charge in [-0.1, -0.05) is 0 Å². The van der Waals surface area contributed by atoms with Gasteiger partial charge >= 0.3 is 24.3 Å². The number of carbonyl (C=O) groups is 2. The Labute approximate surface area is 213 Å². The van der Waals surface area contributed by atoms with Crippen LogP contribution in [0.25, 0.3) is 0 Å². The predicted octanol–water partition coefficient (Wildman–Crippen LogP) is 3.11. The fraction of sp³-hybridized carbons (Fsp3) is 0.762. The lowest BCUT2D eigenvalue weighted by molar-refractivity contribution is -0.193. The molecule has 0 saturated carbocycles. The number of hydrogen-bond acceptors (Lipinski definition) is 8. The zero-order chi connectivity index (χ0) is 27.7. The molecule has 4 heterocycles. The molecule has 1 aromatic heterocycles.